The number of hydrogen-bond donors (Lipinski definition) is 1. The Morgan fingerprint density at radius 3 is 2.64 bits per heavy atom. The smallest absolute Gasteiger partial charge is 0.322 e. The van der Waals surface area contributed by atoms with Gasteiger partial charge in [-0.25, -0.2) is 14.8 Å². The molecule has 0 saturated carbocycles. The van der Waals surface area contributed by atoms with Crippen molar-refractivity contribution >= 4 is 17.5 Å². The quantitative estimate of drug-likeness (QED) is 0.866. The fourth-order valence-corrected chi connectivity index (χ4v) is 3.88. The van der Waals surface area contributed by atoms with Crippen molar-refractivity contribution in [3.63, 3.8) is 0 Å². The Morgan fingerprint density at radius 1 is 1.11 bits per heavy atom. The lowest BCUT2D eigenvalue weighted by Crippen LogP contribution is -2.42. The number of nitrogens with zero attached hydrogens (tertiary/aromatic N) is 4. The summed E-state index contributed by atoms with van der Waals surface area (Å²) in [5.74, 6) is 1.74. The van der Waals surface area contributed by atoms with E-state index in [1.165, 1.54) is 5.56 Å². The Labute approximate surface area is 165 Å². The minimum atomic E-state index is -0.0777. The van der Waals surface area contributed by atoms with E-state index in [4.69, 9.17) is 9.72 Å². The molecule has 7 nitrogen and oxygen atoms in total. The summed E-state index contributed by atoms with van der Waals surface area (Å²) in [6, 6.07) is 5.98. The first-order chi connectivity index (χ1) is 13.5. The molecule has 3 heterocycles. The molecule has 1 aromatic carbocycles. The Kier molecular flexibility index (Phi) is 5.17. The molecule has 2 amide bonds. The molecule has 4 rings (SSSR count). The van der Waals surface area contributed by atoms with E-state index in [-0.39, 0.29) is 6.03 Å². The summed E-state index contributed by atoms with van der Waals surface area (Å²) < 4.78 is 5.48. The van der Waals surface area contributed by atoms with E-state index < -0.39 is 0 Å². The second-order valence-electron chi connectivity index (χ2n) is 7.54. The molecule has 7 heteroatoms. The highest BCUT2D eigenvalue weighted by Gasteiger charge is 2.28. The Balaban J connectivity index is 1.55. The number of fused-ring (bicyclic) bond motifs is 1. The molecule has 2 aliphatic heterocycles. The maximum Gasteiger partial charge on any atom is 0.322 e. The van der Waals surface area contributed by atoms with E-state index >= 15 is 0 Å². The second kappa shape index (κ2) is 7.75. The number of benzene rings is 1. The first-order valence-electron chi connectivity index (χ1n) is 9.83. The van der Waals surface area contributed by atoms with Crippen LogP contribution in [0.4, 0.5) is 16.3 Å². The molecule has 28 heavy (non-hydrogen) atoms. The minimum Gasteiger partial charge on any atom is -0.378 e. The van der Waals surface area contributed by atoms with Gasteiger partial charge in [0.25, 0.3) is 0 Å². The molecular weight excluding hydrogens is 354 g/mol. The third kappa shape index (κ3) is 3.80. The average molecular weight is 381 g/mol. The highest BCUT2D eigenvalue weighted by molar-refractivity contribution is 5.90. The van der Waals surface area contributed by atoms with Gasteiger partial charge in [0.15, 0.2) is 0 Å². The number of hydrogen-bond acceptors (Lipinski definition) is 5. The van der Waals surface area contributed by atoms with Gasteiger partial charge in [-0.05, 0) is 32.4 Å². The first-order valence-corrected chi connectivity index (χ1v) is 9.83. The van der Waals surface area contributed by atoms with Gasteiger partial charge in [0.1, 0.15) is 11.6 Å². The normalized spacial score (nSPS) is 16.7. The number of amides is 2. The zero-order valence-electron chi connectivity index (χ0n) is 16.8. The van der Waals surface area contributed by atoms with Crippen molar-refractivity contribution in [2.24, 2.45) is 0 Å². The number of nitrogens with one attached hydrogen (secondary N) is 1. The van der Waals surface area contributed by atoms with Crippen LogP contribution in [0.2, 0.25) is 0 Å². The van der Waals surface area contributed by atoms with Crippen LogP contribution in [0, 0.1) is 20.8 Å². The summed E-state index contributed by atoms with van der Waals surface area (Å²) in [4.78, 5) is 26.4. The van der Waals surface area contributed by atoms with E-state index in [2.05, 4.69) is 28.2 Å². The minimum absolute atomic E-state index is 0.0777. The molecule has 1 saturated heterocycles. The number of aromatic nitrogens is 2. The number of aryl methyl sites for hydroxylation is 3. The van der Waals surface area contributed by atoms with Crippen LogP contribution in [-0.4, -0.2) is 53.7 Å². The van der Waals surface area contributed by atoms with Crippen LogP contribution in [0.1, 0.15) is 28.2 Å². The highest BCUT2D eigenvalue weighted by atomic mass is 16.5. The molecule has 2 aromatic rings. The lowest BCUT2D eigenvalue weighted by atomic mass is 10.1. The van der Waals surface area contributed by atoms with Crippen molar-refractivity contribution in [1.82, 2.24) is 14.9 Å². The van der Waals surface area contributed by atoms with Gasteiger partial charge in [0.05, 0.1) is 25.5 Å². The average Bonchev–Trinajstić information content (AvgIpc) is 2.69. The summed E-state index contributed by atoms with van der Waals surface area (Å²) in [7, 11) is 0. The van der Waals surface area contributed by atoms with Crippen molar-refractivity contribution in [3.8, 4) is 0 Å². The molecule has 0 unspecified atom stereocenters. The maximum absolute atomic E-state index is 12.9. The molecule has 2 aliphatic rings. The Hall–Kier alpha value is -2.67. The van der Waals surface area contributed by atoms with Gasteiger partial charge in [0.2, 0.25) is 0 Å². The molecule has 0 radical (unpaired) electrons. The number of urea groups is 1. The monoisotopic (exact) mass is 381 g/mol. The number of rotatable bonds is 2. The van der Waals surface area contributed by atoms with Crippen molar-refractivity contribution in [3.05, 3.63) is 46.4 Å². The van der Waals surface area contributed by atoms with Crippen LogP contribution in [0.15, 0.2) is 18.2 Å². The van der Waals surface area contributed by atoms with E-state index in [0.29, 0.717) is 26.3 Å². The third-order valence-corrected chi connectivity index (χ3v) is 5.37. The van der Waals surface area contributed by atoms with Gasteiger partial charge in [-0.15, -0.1) is 0 Å². The predicted octanol–water partition coefficient (Wildman–Crippen LogP) is 2.83. The number of carbonyl (C=O) groups is 1. The van der Waals surface area contributed by atoms with Crippen molar-refractivity contribution in [2.45, 2.75) is 33.7 Å². The van der Waals surface area contributed by atoms with Crippen molar-refractivity contribution < 1.29 is 9.53 Å². The van der Waals surface area contributed by atoms with Crippen LogP contribution < -0.4 is 10.2 Å². The fraction of sp³-hybridized carbons (Fsp3) is 0.476. The van der Waals surface area contributed by atoms with E-state index in [1.54, 1.807) is 0 Å². The molecule has 1 fully saturated rings. The van der Waals surface area contributed by atoms with E-state index in [1.807, 2.05) is 30.9 Å². The van der Waals surface area contributed by atoms with Gasteiger partial charge in [0, 0.05) is 37.3 Å². The van der Waals surface area contributed by atoms with Gasteiger partial charge >= 0.3 is 6.03 Å². The second-order valence-corrected chi connectivity index (χ2v) is 7.54. The molecule has 148 valence electrons. The zero-order valence-corrected chi connectivity index (χ0v) is 16.8. The molecule has 0 spiro atoms. The molecule has 0 aliphatic carbocycles. The summed E-state index contributed by atoms with van der Waals surface area (Å²) in [6.45, 7) is 10.2. The van der Waals surface area contributed by atoms with E-state index in [9.17, 15) is 4.79 Å². The Morgan fingerprint density at radius 2 is 1.89 bits per heavy atom. The summed E-state index contributed by atoms with van der Waals surface area (Å²) in [6.07, 6.45) is 0.746. The van der Waals surface area contributed by atoms with Crippen LogP contribution in [0.5, 0.6) is 0 Å². The maximum atomic E-state index is 12.9. The summed E-state index contributed by atoms with van der Waals surface area (Å²) in [5, 5.41) is 3.06. The lowest BCUT2D eigenvalue weighted by Gasteiger charge is -2.34. The lowest BCUT2D eigenvalue weighted by molar-refractivity contribution is 0.122. The van der Waals surface area contributed by atoms with E-state index in [0.717, 1.165) is 53.7 Å². The Bertz CT molecular complexity index is 893. The highest BCUT2D eigenvalue weighted by Crippen LogP contribution is 2.28. The molecule has 0 atom stereocenters. The van der Waals surface area contributed by atoms with Crippen LogP contribution in [0.3, 0.4) is 0 Å². The SMILES string of the molecule is Cc1ccc(NC(=O)N2CCc3nc(C)nc(N4CCOCC4)c3C2)c(C)c1. The standard InChI is InChI=1S/C21H27N5O2/c1-14-4-5-18(15(2)12-14)24-21(27)26-7-6-19-17(13-26)20(23-16(3)22-19)25-8-10-28-11-9-25/h4-5,12H,6-11,13H2,1-3H3,(H,24,27). The first kappa shape index (κ1) is 18.7. The molecule has 1 aromatic heterocycles. The zero-order chi connectivity index (χ0) is 19.7. The molecule has 1 N–H and O–H groups in total. The van der Waals surface area contributed by atoms with Gasteiger partial charge in [-0.3, -0.25) is 0 Å². The number of morpholine rings is 1. The van der Waals surface area contributed by atoms with Gasteiger partial charge in [-0.2, -0.15) is 0 Å². The van der Waals surface area contributed by atoms with Gasteiger partial charge in [-0.1, -0.05) is 17.7 Å². The number of carbonyl (C=O) groups excluding carboxylic acids is 1. The third-order valence-electron chi connectivity index (χ3n) is 5.37. The summed E-state index contributed by atoms with van der Waals surface area (Å²) >= 11 is 0. The largest absolute Gasteiger partial charge is 0.378 e. The fourth-order valence-electron chi connectivity index (χ4n) is 3.88. The van der Waals surface area contributed by atoms with Crippen LogP contribution >= 0.6 is 0 Å². The molecular formula is C21H27N5O2. The number of anilines is 2. The molecule has 0 bridgehead atoms. The predicted molar refractivity (Wildman–Crippen MR) is 109 cm³/mol. The summed E-state index contributed by atoms with van der Waals surface area (Å²) in [5.41, 5.74) is 5.23. The van der Waals surface area contributed by atoms with Crippen LogP contribution in [-0.2, 0) is 17.7 Å². The van der Waals surface area contributed by atoms with Crippen LogP contribution in [0.25, 0.3) is 0 Å². The van der Waals surface area contributed by atoms with Crippen molar-refractivity contribution in [1.29, 1.82) is 0 Å². The van der Waals surface area contributed by atoms with Crippen molar-refractivity contribution in [2.75, 3.05) is 43.1 Å². The topological polar surface area (TPSA) is 70.6 Å². The number of ether oxygens (including phenoxy) is 1. The van der Waals surface area contributed by atoms with Gasteiger partial charge < -0.3 is 19.9 Å².